The van der Waals surface area contributed by atoms with Crippen molar-refractivity contribution in [3.8, 4) is 11.1 Å². The SMILES string of the molecule is CC(C)(C)c1ccc(N(c2ccc(-c3ccccc3)cc2)c2cccc(C3(c4ccccc4)c4ccccc4C4(c5ccccc5)c5c(cccc53)C3=CC=CCC34)c2)cc1. The Bertz CT molecular complexity index is 2950. The lowest BCUT2D eigenvalue weighted by Gasteiger charge is -2.51. The van der Waals surface area contributed by atoms with E-state index >= 15 is 0 Å². The van der Waals surface area contributed by atoms with Crippen molar-refractivity contribution in [3.05, 3.63) is 275 Å². The Hall–Kier alpha value is -6.96. The zero-order valence-corrected chi connectivity index (χ0v) is 35.1. The molecule has 294 valence electrons. The standard InChI is InChI=1S/C60H49N/c1-58(2,3)44-35-39-49(40-36-44)61(48-37-33-43(34-38-48)42-19-7-4-8-20-42)50-26-17-25-47(41-50)59(45-21-9-5-10-22-45)54-30-15-16-31-55(54)60(46-23-11-6-12-24-46)53-29-14-13-27-51(53)52-28-18-32-56(59)57(52)60/h4-28,30-41,53H,29H2,1-3H3. The van der Waals surface area contributed by atoms with Crippen molar-refractivity contribution in [2.24, 2.45) is 5.92 Å². The maximum Gasteiger partial charge on any atom is 0.0708 e. The Morgan fingerprint density at radius 2 is 1.03 bits per heavy atom. The van der Waals surface area contributed by atoms with Crippen molar-refractivity contribution < 1.29 is 0 Å². The third kappa shape index (κ3) is 5.60. The second kappa shape index (κ2) is 14.4. The average molecular weight is 784 g/mol. The zero-order chi connectivity index (χ0) is 41.2. The molecule has 1 nitrogen and oxygen atoms in total. The van der Waals surface area contributed by atoms with Gasteiger partial charge in [-0.3, -0.25) is 0 Å². The Kier molecular flexibility index (Phi) is 8.72. The fraction of sp³-hybridized carbons (Fsp3) is 0.133. The molecule has 61 heavy (non-hydrogen) atoms. The molecule has 0 saturated carbocycles. The van der Waals surface area contributed by atoms with E-state index in [2.05, 4.69) is 250 Å². The van der Waals surface area contributed by atoms with E-state index in [9.17, 15) is 0 Å². The highest BCUT2D eigenvalue weighted by atomic mass is 15.1. The van der Waals surface area contributed by atoms with Crippen molar-refractivity contribution in [1.82, 2.24) is 0 Å². The van der Waals surface area contributed by atoms with E-state index in [-0.39, 0.29) is 16.7 Å². The molecule has 0 spiro atoms. The molecule has 8 aromatic rings. The van der Waals surface area contributed by atoms with Gasteiger partial charge in [0.25, 0.3) is 0 Å². The van der Waals surface area contributed by atoms with Gasteiger partial charge in [-0.15, -0.1) is 0 Å². The van der Waals surface area contributed by atoms with Gasteiger partial charge < -0.3 is 4.90 Å². The maximum absolute atomic E-state index is 2.48. The number of allylic oxidation sites excluding steroid dienone is 4. The normalized spacial score (nSPS) is 19.7. The van der Waals surface area contributed by atoms with Gasteiger partial charge in [-0.2, -0.15) is 0 Å². The van der Waals surface area contributed by atoms with Gasteiger partial charge in [0.15, 0.2) is 0 Å². The number of hydrogen-bond donors (Lipinski definition) is 0. The van der Waals surface area contributed by atoms with E-state index in [1.165, 1.54) is 66.8 Å². The minimum Gasteiger partial charge on any atom is -0.310 e. The summed E-state index contributed by atoms with van der Waals surface area (Å²) >= 11 is 0. The molecule has 0 bridgehead atoms. The first-order valence-electron chi connectivity index (χ1n) is 21.8. The second-order valence-electron chi connectivity index (χ2n) is 18.0. The Balaban J connectivity index is 1.19. The third-order valence-corrected chi connectivity index (χ3v) is 13.8. The van der Waals surface area contributed by atoms with Crippen molar-refractivity contribution >= 4 is 22.6 Å². The van der Waals surface area contributed by atoms with E-state index < -0.39 is 5.41 Å². The molecule has 8 aromatic carbocycles. The molecule has 0 aliphatic heterocycles. The van der Waals surface area contributed by atoms with Gasteiger partial charge in [0.05, 0.1) is 10.8 Å². The predicted molar refractivity (Wildman–Crippen MR) is 255 cm³/mol. The average Bonchev–Trinajstić information content (AvgIpc) is 3.63. The summed E-state index contributed by atoms with van der Waals surface area (Å²) < 4.78 is 0. The molecule has 0 fully saturated rings. The molecule has 0 amide bonds. The van der Waals surface area contributed by atoms with Crippen LogP contribution in [0.15, 0.2) is 224 Å². The van der Waals surface area contributed by atoms with Gasteiger partial charge in [0, 0.05) is 23.0 Å². The summed E-state index contributed by atoms with van der Waals surface area (Å²) in [5, 5.41) is 0. The molecule has 3 unspecified atom stereocenters. The number of hydrogen-bond acceptors (Lipinski definition) is 1. The summed E-state index contributed by atoms with van der Waals surface area (Å²) in [7, 11) is 0. The van der Waals surface area contributed by atoms with Crippen LogP contribution < -0.4 is 4.90 Å². The van der Waals surface area contributed by atoms with Crippen molar-refractivity contribution in [1.29, 1.82) is 0 Å². The van der Waals surface area contributed by atoms with Gasteiger partial charge in [-0.1, -0.05) is 209 Å². The molecule has 3 aliphatic rings. The number of benzene rings is 8. The molecule has 0 radical (unpaired) electrons. The number of fused-ring (bicyclic) bond motifs is 5. The Morgan fingerprint density at radius 1 is 0.475 bits per heavy atom. The molecule has 0 aromatic heterocycles. The molecule has 0 heterocycles. The van der Waals surface area contributed by atoms with Gasteiger partial charge in [0.2, 0.25) is 0 Å². The minimum atomic E-state index is -0.613. The monoisotopic (exact) mass is 783 g/mol. The van der Waals surface area contributed by atoms with Crippen LogP contribution in [0.3, 0.4) is 0 Å². The van der Waals surface area contributed by atoms with Crippen LogP contribution in [0.5, 0.6) is 0 Å². The van der Waals surface area contributed by atoms with Crippen LogP contribution in [0.4, 0.5) is 17.1 Å². The van der Waals surface area contributed by atoms with E-state index in [0.29, 0.717) is 0 Å². The highest BCUT2D eigenvalue weighted by molar-refractivity contribution is 5.90. The van der Waals surface area contributed by atoms with Gasteiger partial charge >= 0.3 is 0 Å². The number of anilines is 3. The van der Waals surface area contributed by atoms with Crippen molar-refractivity contribution in [3.63, 3.8) is 0 Å². The maximum atomic E-state index is 2.48. The van der Waals surface area contributed by atoms with Crippen LogP contribution in [0.2, 0.25) is 0 Å². The minimum absolute atomic E-state index is 0.0472. The van der Waals surface area contributed by atoms with Crippen LogP contribution in [-0.2, 0) is 16.2 Å². The highest BCUT2D eigenvalue weighted by Gasteiger charge is 2.60. The zero-order valence-electron chi connectivity index (χ0n) is 35.1. The molecular formula is C60H49N. The molecule has 3 atom stereocenters. The molecule has 0 N–H and O–H groups in total. The lowest BCUT2D eigenvalue weighted by molar-refractivity contribution is 0.454. The van der Waals surface area contributed by atoms with Crippen LogP contribution >= 0.6 is 0 Å². The van der Waals surface area contributed by atoms with E-state index in [0.717, 1.165) is 23.5 Å². The molecule has 3 aliphatic carbocycles. The summed E-state index contributed by atoms with van der Waals surface area (Å²) in [6, 6.07) is 77.6. The smallest absolute Gasteiger partial charge is 0.0708 e. The topological polar surface area (TPSA) is 3.24 Å². The van der Waals surface area contributed by atoms with E-state index in [1.807, 2.05) is 0 Å². The van der Waals surface area contributed by atoms with Gasteiger partial charge in [-0.25, -0.2) is 0 Å². The Labute approximate surface area is 361 Å². The first-order chi connectivity index (χ1) is 29.9. The lowest BCUT2D eigenvalue weighted by atomic mass is 9.50. The van der Waals surface area contributed by atoms with Gasteiger partial charge in [-0.05, 0) is 115 Å². The second-order valence-corrected chi connectivity index (χ2v) is 18.0. The predicted octanol–water partition coefficient (Wildman–Crippen LogP) is 15.1. The Morgan fingerprint density at radius 3 is 1.72 bits per heavy atom. The fourth-order valence-corrected chi connectivity index (χ4v) is 11.2. The van der Waals surface area contributed by atoms with Crippen LogP contribution in [-0.4, -0.2) is 0 Å². The summed E-state index contributed by atoms with van der Waals surface area (Å²) in [5.74, 6) is 0.280. The van der Waals surface area contributed by atoms with E-state index in [1.54, 1.807) is 0 Å². The summed E-state index contributed by atoms with van der Waals surface area (Å²) in [4.78, 5) is 2.44. The first-order valence-corrected chi connectivity index (χ1v) is 21.8. The molecular weight excluding hydrogens is 735 g/mol. The fourth-order valence-electron chi connectivity index (χ4n) is 11.2. The van der Waals surface area contributed by atoms with Crippen LogP contribution in [0.1, 0.15) is 77.3 Å². The lowest BCUT2D eigenvalue weighted by Crippen LogP contribution is -2.46. The van der Waals surface area contributed by atoms with E-state index in [4.69, 9.17) is 0 Å². The molecule has 0 saturated heterocycles. The third-order valence-electron chi connectivity index (χ3n) is 13.8. The summed E-state index contributed by atoms with van der Waals surface area (Å²) in [6.45, 7) is 6.85. The highest BCUT2D eigenvalue weighted by Crippen LogP contribution is 2.67. The van der Waals surface area contributed by atoms with Crippen molar-refractivity contribution in [2.75, 3.05) is 4.90 Å². The number of nitrogens with zero attached hydrogens (tertiary/aromatic N) is 1. The van der Waals surface area contributed by atoms with Crippen LogP contribution in [0.25, 0.3) is 16.7 Å². The van der Waals surface area contributed by atoms with Crippen molar-refractivity contribution in [2.45, 2.75) is 43.4 Å². The summed E-state index contributed by atoms with van der Waals surface area (Å²) in [6.07, 6.45) is 8.04. The molecule has 11 rings (SSSR count). The first kappa shape index (κ1) is 37.1. The quantitative estimate of drug-likeness (QED) is 0.156. The number of rotatable bonds is 7. The van der Waals surface area contributed by atoms with Gasteiger partial charge in [0.1, 0.15) is 0 Å². The van der Waals surface area contributed by atoms with Crippen LogP contribution in [0, 0.1) is 5.92 Å². The molecule has 1 heteroatoms. The largest absolute Gasteiger partial charge is 0.310 e. The summed E-state index contributed by atoms with van der Waals surface area (Å²) in [5.41, 5.74) is 18.4.